The summed E-state index contributed by atoms with van der Waals surface area (Å²) in [4.78, 5) is 0. The fraction of sp³-hybridized carbons (Fsp3) is 0.571. The number of aryl methyl sites for hydroxylation is 2. The van der Waals surface area contributed by atoms with Crippen LogP contribution in [0.1, 0.15) is 37.9 Å². The van der Waals surface area contributed by atoms with E-state index in [0.717, 1.165) is 31.0 Å². The molecule has 0 aliphatic rings. The predicted octanol–water partition coefficient (Wildman–Crippen LogP) is 1.95. The molecule has 1 N–H and O–H groups in total. The Balaban J connectivity index is 2.03. The number of rotatable bonds is 6. The number of aromatic nitrogens is 4. The number of hydrogen-bond donors (Lipinski definition) is 1. The van der Waals surface area contributed by atoms with Crippen LogP contribution in [-0.2, 0) is 19.6 Å². The topological polar surface area (TPSA) is 47.7 Å². The first-order valence-electron chi connectivity index (χ1n) is 6.87. The second kappa shape index (κ2) is 6.02. The van der Waals surface area contributed by atoms with Crippen molar-refractivity contribution in [2.75, 3.05) is 0 Å². The lowest BCUT2D eigenvalue weighted by atomic mass is 10.3. The van der Waals surface area contributed by atoms with E-state index in [4.69, 9.17) is 0 Å². The molecule has 2 aromatic heterocycles. The molecular formula is C14H23N5. The van der Waals surface area contributed by atoms with E-state index in [1.54, 1.807) is 0 Å². The van der Waals surface area contributed by atoms with Gasteiger partial charge in [0.1, 0.15) is 0 Å². The summed E-state index contributed by atoms with van der Waals surface area (Å²) >= 11 is 0. The summed E-state index contributed by atoms with van der Waals surface area (Å²) in [5, 5.41) is 12.4. The third-order valence-corrected chi connectivity index (χ3v) is 3.00. The smallest absolute Gasteiger partial charge is 0.0828 e. The van der Waals surface area contributed by atoms with Gasteiger partial charge in [0.2, 0.25) is 0 Å². The summed E-state index contributed by atoms with van der Waals surface area (Å²) in [6.07, 6.45) is 2.03. The molecule has 2 rings (SSSR count). The molecule has 2 heterocycles. The number of hydrogen-bond acceptors (Lipinski definition) is 3. The molecule has 0 aliphatic heterocycles. The largest absolute Gasteiger partial charge is 0.309 e. The lowest BCUT2D eigenvalue weighted by Crippen LogP contribution is -2.22. The maximum atomic E-state index is 4.58. The van der Waals surface area contributed by atoms with Gasteiger partial charge in [-0.2, -0.15) is 10.2 Å². The maximum Gasteiger partial charge on any atom is 0.0828 e. The third-order valence-electron chi connectivity index (χ3n) is 3.00. The van der Waals surface area contributed by atoms with Crippen LogP contribution in [0.15, 0.2) is 18.3 Å². The quantitative estimate of drug-likeness (QED) is 0.864. The van der Waals surface area contributed by atoms with Crippen molar-refractivity contribution >= 4 is 0 Å². The zero-order valence-corrected chi connectivity index (χ0v) is 12.2. The van der Waals surface area contributed by atoms with Gasteiger partial charge in [0, 0.05) is 25.3 Å². The summed E-state index contributed by atoms with van der Waals surface area (Å²) in [6, 6.07) is 4.67. The van der Waals surface area contributed by atoms with Crippen molar-refractivity contribution in [2.45, 2.75) is 53.4 Å². The van der Waals surface area contributed by atoms with E-state index < -0.39 is 0 Å². The molecule has 0 atom stereocenters. The van der Waals surface area contributed by atoms with Crippen molar-refractivity contribution in [3.05, 3.63) is 35.4 Å². The van der Waals surface area contributed by atoms with E-state index in [-0.39, 0.29) is 0 Å². The van der Waals surface area contributed by atoms with Gasteiger partial charge in [0.05, 0.1) is 23.6 Å². The van der Waals surface area contributed by atoms with Gasteiger partial charge in [-0.1, -0.05) is 13.8 Å². The summed E-state index contributed by atoms with van der Waals surface area (Å²) in [6.45, 7) is 10.9. The van der Waals surface area contributed by atoms with Crippen molar-refractivity contribution in [1.82, 2.24) is 24.9 Å². The van der Waals surface area contributed by atoms with Crippen LogP contribution in [-0.4, -0.2) is 25.6 Å². The van der Waals surface area contributed by atoms with E-state index in [0.29, 0.717) is 6.04 Å². The molecule has 0 bridgehead atoms. The average molecular weight is 261 g/mol. The Morgan fingerprint density at radius 3 is 2.79 bits per heavy atom. The molecule has 0 fully saturated rings. The first-order valence-corrected chi connectivity index (χ1v) is 6.87. The standard InChI is InChI=1S/C14H23N5/c1-5-19-14(8-12(4)16-19)10-18-7-6-13(17-18)9-15-11(2)3/h6-8,11,15H,5,9-10H2,1-4H3. The van der Waals surface area contributed by atoms with Gasteiger partial charge < -0.3 is 5.32 Å². The normalized spacial score (nSPS) is 11.4. The number of nitrogens with one attached hydrogen (secondary N) is 1. The van der Waals surface area contributed by atoms with Crippen molar-refractivity contribution in [2.24, 2.45) is 0 Å². The molecule has 5 nitrogen and oxygen atoms in total. The Labute approximate surface area is 114 Å². The fourth-order valence-electron chi connectivity index (χ4n) is 2.06. The molecule has 0 radical (unpaired) electrons. The minimum absolute atomic E-state index is 0.481. The van der Waals surface area contributed by atoms with Crippen LogP contribution in [0.2, 0.25) is 0 Å². The Kier molecular flexibility index (Phi) is 4.37. The predicted molar refractivity (Wildman–Crippen MR) is 75.9 cm³/mol. The van der Waals surface area contributed by atoms with Crippen LogP contribution in [0, 0.1) is 6.92 Å². The van der Waals surface area contributed by atoms with E-state index in [1.807, 2.05) is 22.5 Å². The lowest BCUT2D eigenvalue weighted by molar-refractivity contribution is 0.553. The summed E-state index contributed by atoms with van der Waals surface area (Å²) < 4.78 is 4.00. The van der Waals surface area contributed by atoms with Crippen LogP contribution < -0.4 is 5.32 Å². The molecule has 0 spiro atoms. The van der Waals surface area contributed by atoms with Crippen LogP contribution in [0.25, 0.3) is 0 Å². The second-order valence-corrected chi connectivity index (χ2v) is 5.13. The minimum Gasteiger partial charge on any atom is -0.309 e. The number of nitrogens with zero attached hydrogens (tertiary/aromatic N) is 4. The Morgan fingerprint density at radius 1 is 1.32 bits per heavy atom. The Morgan fingerprint density at radius 2 is 2.11 bits per heavy atom. The highest BCUT2D eigenvalue weighted by Crippen LogP contribution is 2.06. The summed E-state index contributed by atoms with van der Waals surface area (Å²) in [5.41, 5.74) is 3.34. The Hall–Kier alpha value is -1.62. The van der Waals surface area contributed by atoms with E-state index in [2.05, 4.69) is 48.4 Å². The fourth-order valence-corrected chi connectivity index (χ4v) is 2.06. The molecule has 0 saturated carbocycles. The zero-order valence-electron chi connectivity index (χ0n) is 12.2. The van der Waals surface area contributed by atoms with E-state index in [1.165, 1.54) is 5.69 Å². The molecular weight excluding hydrogens is 238 g/mol. The molecule has 2 aromatic rings. The van der Waals surface area contributed by atoms with Crippen LogP contribution >= 0.6 is 0 Å². The third kappa shape index (κ3) is 3.67. The summed E-state index contributed by atoms with van der Waals surface area (Å²) in [5.74, 6) is 0. The van der Waals surface area contributed by atoms with Crippen molar-refractivity contribution in [3.63, 3.8) is 0 Å². The molecule has 0 saturated heterocycles. The first-order chi connectivity index (χ1) is 9.08. The van der Waals surface area contributed by atoms with E-state index in [9.17, 15) is 0 Å². The molecule has 0 amide bonds. The molecule has 19 heavy (non-hydrogen) atoms. The van der Waals surface area contributed by atoms with E-state index >= 15 is 0 Å². The SMILES string of the molecule is CCn1nc(C)cc1Cn1ccc(CNC(C)C)n1. The molecule has 0 aliphatic carbocycles. The first kappa shape index (κ1) is 13.8. The van der Waals surface area contributed by atoms with Gasteiger partial charge >= 0.3 is 0 Å². The van der Waals surface area contributed by atoms with Gasteiger partial charge in [-0.05, 0) is 26.0 Å². The highest BCUT2D eigenvalue weighted by atomic mass is 15.3. The lowest BCUT2D eigenvalue weighted by Gasteiger charge is -2.06. The van der Waals surface area contributed by atoms with Gasteiger partial charge in [-0.15, -0.1) is 0 Å². The van der Waals surface area contributed by atoms with Crippen molar-refractivity contribution in [1.29, 1.82) is 0 Å². The molecule has 104 valence electrons. The highest BCUT2D eigenvalue weighted by molar-refractivity contribution is 5.10. The van der Waals surface area contributed by atoms with Gasteiger partial charge in [0.25, 0.3) is 0 Å². The molecule has 0 aromatic carbocycles. The maximum absolute atomic E-state index is 4.58. The minimum atomic E-state index is 0.481. The van der Waals surface area contributed by atoms with Crippen molar-refractivity contribution < 1.29 is 0 Å². The zero-order chi connectivity index (χ0) is 13.8. The van der Waals surface area contributed by atoms with Gasteiger partial charge in [-0.3, -0.25) is 9.36 Å². The highest BCUT2D eigenvalue weighted by Gasteiger charge is 2.06. The second-order valence-electron chi connectivity index (χ2n) is 5.13. The van der Waals surface area contributed by atoms with Crippen LogP contribution in [0.3, 0.4) is 0 Å². The van der Waals surface area contributed by atoms with Gasteiger partial charge in [0.15, 0.2) is 0 Å². The summed E-state index contributed by atoms with van der Waals surface area (Å²) in [7, 11) is 0. The average Bonchev–Trinajstić information content (AvgIpc) is 2.94. The van der Waals surface area contributed by atoms with Crippen molar-refractivity contribution in [3.8, 4) is 0 Å². The van der Waals surface area contributed by atoms with Gasteiger partial charge in [-0.25, -0.2) is 0 Å². The molecule has 0 unspecified atom stereocenters. The van der Waals surface area contributed by atoms with Crippen LogP contribution in [0.4, 0.5) is 0 Å². The van der Waals surface area contributed by atoms with Crippen LogP contribution in [0.5, 0.6) is 0 Å². The monoisotopic (exact) mass is 261 g/mol. The molecule has 5 heteroatoms. The Bertz CT molecular complexity index is 524.